The number of hydrogen-bond acceptors (Lipinski definition) is 4. The molecule has 5 heteroatoms. The molecule has 5 fully saturated rings. The fourth-order valence-electron chi connectivity index (χ4n) is 5.85. The normalized spacial score (nSPS) is 40.5. The van der Waals surface area contributed by atoms with Gasteiger partial charge in [-0.15, -0.1) is 0 Å². The molecule has 0 radical (unpaired) electrons. The molecular formula is C19H29NO4. The lowest BCUT2D eigenvalue weighted by Crippen LogP contribution is -2.52. The molecule has 1 atom stereocenters. The summed E-state index contributed by atoms with van der Waals surface area (Å²) in [7, 11) is 0. The van der Waals surface area contributed by atoms with Crippen molar-refractivity contribution in [3.63, 3.8) is 0 Å². The van der Waals surface area contributed by atoms with Crippen molar-refractivity contribution in [2.45, 2.75) is 58.0 Å². The number of esters is 1. The second-order valence-corrected chi connectivity index (χ2v) is 8.32. The summed E-state index contributed by atoms with van der Waals surface area (Å²) in [6.07, 6.45) is 7.95. The molecule has 1 heterocycles. The number of likely N-dealkylation sites (tertiary alicyclic amines) is 1. The number of rotatable bonds is 3. The average molecular weight is 335 g/mol. The van der Waals surface area contributed by atoms with Crippen molar-refractivity contribution in [1.29, 1.82) is 0 Å². The molecule has 1 amide bonds. The highest BCUT2D eigenvalue weighted by Gasteiger charge is 2.50. The lowest BCUT2D eigenvalue weighted by Gasteiger charge is -2.53. The van der Waals surface area contributed by atoms with E-state index in [2.05, 4.69) is 0 Å². The molecule has 5 aliphatic rings. The SMILES string of the molecule is CCOC(=O)C1CCCN(C(=O)OC2C3CC4CC(C3)CC2C4)C1. The van der Waals surface area contributed by atoms with Crippen molar-refractivity contribution >= 4 is 12.1 Å². The molecule has 4 aliphatic carbocycles. The number of amides is 1. The molecule has 0 N–H and O–H groups in total. The second-order valence-electron chi connectivity index (χ2n) is 8.32. The van der Waals surface area contributed by atoms with E-state index in [4.69, 9.17) is 9.47 Å². The summed E-state index contributed by atoms with van der Waals surface area (Å²) in [6.45, 7) is 3.36. The van der Waals surface area contributed by atoms with Crippen LogP contribution in [0.2, 0.25) is 0 Å². The maximum atomic E-state index is 12.7. The third-order valence-corrected chi connectivity index (χ3v) is 6.68. The molecule has 4 bridgehead atoms. The summed E-state index contributed by atoms with van der Waals surface area (Å²) >= 11 is 0. The number of hydrogen-bond donors (Lipinski definition) is 0. The first-order valence-corrected chi connectivity index (χ1v) is 9.76. The van der Waals surface area contributed by atoms with Crippen LogP contribution in [0, 0.1) is 29.6 Å². The molecule has 1 aliphatic heterocycles. The minimum atomic E-state index is -0.207. The molecule has 0 aromatic heterocycles. The quantitative estimate of drug-likeness (QED) is 0.743. The summed E-state index contributed by atoms with van der Waals surface area (Å²) in [5, 5.41) is 0. The van der Waals surface area contributed by atoms with E-state index in [9.17, 15) is 9.59 Å². The van der Waals surface area contributed by atoms with Gasteiger partial charge in [0.1, 0.15) is 6.10 Å². The van der Waals surface area contributed by atoms with Gasteiger partial charge in [-0.25, -0.2) is 4.79 Å². The number of nitrogens with zero attached hydrogens (tertiary/aromatic N) is 1. The van der Waals surface area contributed by atoms with Crippen molar-refractivity contribution in [1.82, 2.24) is 4.90 Å². The highest BCUT2D eigenvalue weighted by Crippen LogP contribution is 2.54. The van der Waals surface area contributed by atoms with Crippen molar-refractivity contribution in [3.05, 3.63) is 0 Å². The Hall–Kier alpha value is -1.26. The zero-order chi connectivity index (χ0) is 16.7. The van der Waals surface area contributed by atoms with Crippen molar-refractivity contribution in [2.75, 3.05) is 19.7 Å². The predicted octanol–water partition coefficient (Wildman–Crippen LogP) is 3.22. The summed E-state index contributed by atoms with van der Waals surface area (Å²) in [4.78, 5) is 26.4. The van der Waals surface area contributed by atoms with Crippen LogP contribution in [-0.4, -0.2) is 42.8 Å². The van der Waals surface area contributed by atoms with E-state index in [1.165, 1.54) is 32.1 Å². The van der Waals surface area contributed by atoms with Crippen LogP contribution in [0.1, 0.15) is 51.9 Å². The fourth-order valence-corrected chi connectivity index (χ4v) is 5.85. The third kappa shape index (κ3) is 3.02. The van der Waals surface area contributed by atoms with Gasteiger partial charge in [0, 0.05) is 13.1 Å². The first-order valence-electron chi connectivity index (χ1n) is 9.76. The summed E-state index contributed by atoms with van der Waals surface area (Å²) < 4.78 is 11.1. The van der Waals surface area contributed by atoms with Crippen LogP contribution < -0.4 is 0 Å². The van der Waals surface area contributed by atoms with E-state index in [-0.39, 0.29) is 24.1 Å². The van der Waals surface area contributed by atoms with Gasteiger partial charge < -0.3 is 14.4 Å². The van der Waals surface area contributed by atoms with Crippen LogP contribution >= 0.6 is 0 Å². The fraction of sp³-hybridized carbons (Fsp3) is 0.895. The monoisotopic (exact) mass is 335 g/mol. The van der Waals surface area contributed by atoms with Gasteiger partial charge in [0.2, 0.25) is 0 Å². The van der Waals surface area contributed by atoms with E-state index in [0.717, 1.165) is 24.7 Å². The van der Waals surface area contributed by atoms with Gasteiger partial charge in [0.15, 0.2) is 0 Å². The maximum Gasteiger partial charge on any atom is 0.410 e. The van der Waals surface area contributed by atoms with Gasteiger partial charge in [0.25, 0.3) is 0 Å². The number of ether oxygens (including phenoxy) is 2. The average Bonchev–Trinajstić information content (AvgIpc) is 2.57. The Kier molecular flexibility index (Phi) is 4.44. The molecule has 134 valence electrons. The van der Waals surface area contributed by atoms with E-state index >= 15 is 0 Å². The van der Waals surface area contributed by atoms with E-state index < -0.39 is 0 Å². The van der Waals surface area contributed by atoms with Crippen LogP contribution in [-0.2, 0) is 14.3 Å². The Labute approximate surface area is 144 Å². The molecule has 4 saturated carbocycles. The highest BCUT2D eigenvalue weighted by molar-refractivity contribution is 5.75. The van der Waals surface area contributed by atoms with E-state index in [1.807, 2.05) is 6.92 Å². The molecule has 1 saturated heterocycles. The van der Waals surface area contributed by atoms with Gasteiger partial charge in [-0.05, 0) is 75.5 Å². The molecule has 5 nitrogen and oxygen atoms in total. The van der Waals surface area contributed by atoms with Crippen LogP contribution in [0.5, 0.6) is 0 Å². The standard InChI is InChI=1S/C19H29NO4/c1-2-23-18(21)14-4-3-5-20(11-14)19(22)24-17-15-7-12-6-13(9-15)10-16(17)8-12/h12-17H,2-11H2,1H3. The third-order valence-electron chi connectivity index (χ3n) is 6.68. The van der Waals surface area contributed by atoms with E-state index in [0.29, 0.717) is 31.5 Å². The maximum absolute atomic E-state index is 12.7. The topological polar surface area (TPSA) is 55.8 Å². The summed E-state index contributed by atoms with van der Waals surface area (Å²) in [6, 6.07) is 0. The van der Waals surface area contributed by atoms with Crippen LogP contribution in [0.3, 0.4) is 0 Å². The minimum Gasteiger partial charge on any atom is -0.466 e. The van der Waals surface area contributed by atoms with Crippen LogP contribution in [0.15, 0.2) is 0 Å². The first kappa shape index (κ1) is 16.2. The number of carbonyl (C=O) groups is 2. The van der Waals surface area contributed by atoms with Crippen LogP contribution in [0.25, 0.3) is 0 Å². The smallest absolute Gasteiger partial charge is 0.410 e. The summed E-state index contributed by atoms with van der Waals surface area (Å²) in [5.41, 5.74) is 0. The van der Waals surface area contributed by atoms with E-state index in [1.54, 1.807) is 4.90 Å². The minimum absolute atomic E-state index is 0.119. The number of piperidine rings is 1. The molecular weight excluding hydrogens is 306 g/mol. The van der Waals surface area contributed by atoms with Crippen molar-refractivity contribution < 1.29 is 19.1 Å². The largest absolute Gasteiger partial charge is 0.466 e. The Morgan fingerprint density at radius 2 is 1.71 bits per heavy atom. The molecule has 1 unspecified atom stereocenters. The van der Waals surface area contributed by atoms with Gasteiger partial charge in [0.05, 0.1) is 12.5 Å². The Bertz CT molecular complexity index is 478. The molecule has 5 rings (SSSR count). The molecule has 0 spiro atoms. The van der Waals surface area contributed by atoms with Crippen molar-refractivity contribution in [2.24, 2.45) is 29.6 Å². The Balaban J connectivity index is 1.35. The molecule has 0 aromatic rings. The lowest BCUT2D eigenvalue weighted by molar-refractivity contribution is -0.150. The highest BCUT2D eigenvalue weighted by atomic mass is 16.6. The second kappa shape index (κ2) is 6.57. The van der Waals surface area contributed by atoms with Crippen molar-refractivity contribution in [3.8, 4) is 0 Å². The Morgan fingerprint density at radius 3 is 2.33 bits per heavy atom. The van der Waals surface area contributed by atoms with Crippen LogP contribution in [0.4, 0.5) is 4.79 Å². The van der Waals surface area contributed by atoms with Gasteiger partial charge in [-0.3, -0.25) is 4.79 Å². The first-order chi connectivity index (χ1) is 11.6. The van der Waals surface area contributed by atoms with Gasteiger partial charge in [-0.1, -0.05) is 0 Å². The van der Waals surface area contributed by atoms with Gasteiger partial charge in [-0.2, -0.15) is 0 Å². The predicted molar refractivity (Wildman–Crippen MR) is 88.2 cm³/mol. The molecule has 0 aromatic carbocycles. The summed E-state index contributed by atoms with van der Waals surface area (Å²) in [5.74, 6) is 2.55. The Morgan fingerprint density at radius 1 is 1.04 bits per heavy atom. The zero-order valence-corrected chi connectivity index (χ0v) is 14.6. The van der Waals surface area contributed by atoms with Gasteiger partial charge >= 0.3 is 12.1 Å². The number of carbonyl (C=O) groups excluding carboxylic acids is 2. The molecule has 24 heavy (non-hydrogen) atoms. The zero-order valence-electron chi connectivity index (χ0n) is 14.6. The lowest BCUT2D eigenvalue weighted by atomic mass is 9.55.